The molecule has 14 heteroatoms. The van der Waals surface area contributed by atoms with Crippen LogP contribution in [0, 0.1) is 11.8 Å². The number of aromatic nitrogens is 2. The van der Waals surface area contributed by atoms with E-state index in [-0.39, 0.29) is 47.8 Å². The normalized spacial score (nSPS) is 26.6. The number of nitrogens with zero attached hydrogens (tertiary/aromatic N) is 4. The highest BCUT2D eigenvalue weighted by Gasteiger charge is 2.60. The average Bonchev–Trinajstić information content (AvgIpc) is 3.49. The molecule has 0 aromatic carbocycles. The van der Waals surface area contributed by atoms with Crippen LogP contribution in [0.1, 0.15) is 37.2 Å². The van der Waals surface area contributed by atoms with Crippen molar-refractivity contribution in [2.24, 2.45) is 24.6 Å². The number of fused-ring (bicyclic) bond motifs is 1. The molecule has 2 saturated heterocycles. The SMILES string of the molecule is C=CCOC(=O)N1C[C@@H](SC2=C(C(=O)O)N3C(=O)[C@H]([C@@H](C)O)[C@H]3[C@H]2C)C[C@H]1CC[n+]1cc(C(N)=O)n(C)c1.[Cl-]. The molecule has 12 nitrogen and oxygen atoms in total. The Hall–Kier alpha value is -3.03. The predicted molar refractivity (Wildman–Crippen MR) is 136 cm³/mol. The van der Waals surface area contributed by atoms with Gasteiger partial charge in [0.15, 0.2) is 0 Å². The zero-order chi connectivity index (χ0) is 27.9. The summed E-state index contributed by atoms with van der Waals surface area (Å²) in [6.07, 6.45) is 4.72. The number of β-lactam (4-membered cyclic amide) rings is 1. The van der Waals surface area contributed by atoms with Gasteiger partial charge in [-0.15, -0.1) is 11.8 Å². The van der Waals surface area contributed by atoms with Gasteiger partial charge >= 0.3 is 12.1 Å². The number of imidazole rings is 1. The van der Waals surface area contributed by atoms with Gasteiger partial charge in [-0.2, -0.15) is 0 Å². The largest absolute Gasteiger partial charge is 1.00 e. The van der Waals surface area contributed by atoms with E-state index in [0.717, 1.165) is 0 Å². The van der Waals surface area contributed by atoms with E-state index in [4.69, 9.17) is 10.5 Å². The summed E-state index contributed by atoms with van der Waals surface area (Å²) in [4.78, 5) is 52.8. The summed E-state index contributed by atoms with van der Waals surface area (Å²) in [7, 11) is 1.73. The Balaban J connectivity index is 0.00000420. The van der Waals surface area contributed by atoms with Gasteiger partial charge in [-0.1, -0.05) is 19.6 Å². The summed E-state index contributed by atoms with van der Waals surface area (Å²) < 4.78 is 8.79. The second-order valence-electron chi connectivity index (χ2n) is 10.1. The van der Waals surface area contributed by atoms with Gasteiger partial charge in [-0.3, -0.25) is 9.59 Å². The molecule has 2 fully saturated rings. The van der Waals surface area contributed by atoms with Gasteiger partial charge < -0.3 is 42.9 Å². The number of halogens is 1. The number of aryl methyl sites for hydroxylation is 2. The highest BCUT2D eigenvalue weighted by molar-refractivity contribution is 8.03. The van der Waals surface area contributed by atoms with Gasteiger partial charge in [0, 0.05) is 35.1 Å². The van der Waals surface area contributed by atoms with Gasteiger partial charge in [0.25, 0.3) is 5.91 Å². The fourth-order valence-corrected chi connectivity index (χ4v) is 7.32. The van der Waals surface area contributed by atoms with E-state index in [0.29, 0.717) is 36.5 Å². The number of aliphatic hydroxyl groups is 1. The molecule has 3 aliphatic heterocycles. The molecule has 214 valence electrons. The number of aliphatic carboxylic acids is 1. The van der Waals surface area contributed by atoms with Crippen LogP contribution in [0.25, 0.3) is 0 Å². The van der Waals surface area contributed by atoms with E-state index in [1.165, 1.54) is 22.7 Å². The molecule has 1 aromatic rings. The number of primary amides is 1. The average molecular weight is 584 g/mol. The van der Waals surface area contributed by atoms with Crippen LogP contribution in [0.3, 0.4) is 0 Å². The molecule has 0 bridgehead atoms. The van der Waals surface area contributed by atoms with E-state index in [9.17, 15) is 29.4 Å². The maximum atomic E-state index is 12.9. The smallest absolute Gasteiger partial charge is 0.410 e. The van der Waals surface area contributed by atoms with E-state index in [1.807, 2.05) is 11.5 Å². The van der Waals surface area contributed by atoms with Crippen molar-refractivity contribution < 1.29 is 51.1 Å². The first kappa shape index (κ1) is 30.5. The fourth-order valence-electron chi connectivity index (χ4n) is 5.75. The second kappa shape index (κ2) is 12.0. The predicted octanol–water partition coefficient (Wildman–Crippen LogP) is -2.54. The van der Waals surface area contributed by atoms with E-state index in [1.54, 1.807) is 36.0 Å². The first-order valence-electron chi connectivity index (χ1n) is 12.5. The number of amides is 3. The minimum absolute atomic E-state index is 0. The van der Waals surface area contributed by atoms with Crippen LogP contribution in [0.2, 0.25) is 0 Å². The summed E-state index contributed by atoms with van der Waals surface area (Å²) in [6, 6.07) is -0.583. The molecule has 0 spiro atoms. The van der Waals surface area contributed by atoms with Crippen molar-refractivity contribution in [2.45, 2.75) is 56.7 Å². The molecular formula is C25H34ClN5O7S. The molecule has 1 aromatic heterocycles. The number of likely N-dealkylation sites (tertiary alicyclic amines) is 1. The Kier molecular flexibility index (Phi) is 9.39. The summed E-state index contributed by atoms with van der Waals surface area (Å²) in [5.41, 5.74) is 5.75. The topological polar surface area (TPSA) is 159 Å². The van der Waals surface area contributed by atoms with Crippen molar-refractivity contribution in [3.8, 4) is 0 Å². The number of rotatable bonds is 10. The first-order chi connectivity index (χ1) is 18.0. The number of hydrogen-bond donors (Lipinski definition) is 3. The van der Waals surface area contributed by atoms with Crippen molar-refractivity contribution in [1.29, 1.82) is 0 Å². The first-order valence-corrected chi connectivity index (χ1v) is 13.4. The third-order valence-electron chi connectivity index (χ3n) is 7.50. The lowest BCUT2D eigenvalue weighted by Crippen LogP contribution is -3.00. The Morgan fingerprint density at radius 2 is 2.08 bits per heavy atom. The highest BCUT2D eigenvalue weighted by Crippen LogP contribution is 2.52. The lowest BCUT2D eigenvalue weighted by atomic mass is 9.79. The molecule has 0 radical (unpaired) electrons. The van der Waals surface area contributed by atoms with Gasteiger partial charge in [0.1, 0.15) is 18.5 Å². The maximum absolute atomic E-state index is 12.9. The van der Waals surface area contributed by atoms with Gasteiger partial charge in [0.2, 0.25) is 17.9 Å². The number of carbonyl (C=O) groups excluding carboxylic acids is 3. The van der Waals surface area contributed by atoms with Gasteiger partial charge in [-0.05, 0) is 13.3 Å². The molecule has 0 saturated carbocycles. The van der Waals surface area contributed by atoms with Crippen molar-refractivity contribution in [2.75, 3.05) is 13.2 Å². The summed E-state index contributed by atoms with van der Waals surface area (Å²) in [6.45, 7) is 7.95. The van der Waals surface area contributed by atoms with Crippen molar-refractivity contribution in [3.63, 3.8) is 0 Å². The number of aliphatic hydroxyl groups excluding tert-OH is 1. The molecular weight excluding hydrogens is 550 g/mol. The van der Waals surface area contributed by atoms with Crippen LogP contribution in [0.4, 0.5) is 4.79 Å². The lowest BCUT2D eigenvalue weighted by molar-refractivity contribution is -0.697. The zero-order valence-electron chi connectivity index (χ0n) is 22.0. The number of carbonyl (C=O) groups is 4. The van der Waals surface area contributed by atoms with Crippen molar-refractivity contribution in [1.82, 2.24) is 14.4 Å². The second-order valence-corrected chi connectivity index (χ2v) is 11.4. The number of ether oxygens (including phenoxy) is 1. The fraction of sp³-hybridized carbons (Fsp3) is 0.560. The lowest BCUT2D eigenvalue weighted by Gasteiger charge is -2.46. The summed E-state index contributed by atoms with van der Waals surface area (Å²) in [5, 5.41) is 19.9. The molecule has 3 aliphatic rings. The van der Waals surface area contributed by atoms with Crippen LogP contribution < -0.4 is 22.7 Å². The molecule has 39 heavy (non-hydrogen) atoms. The standard InChI is InChI=1S/C25H33N5O7S.ClH/c1-5-8-37-25(36)29-10-16(9-15(29)6-7-28-11-17(22(26)32)27(4)12-28)38-21-13(2)19-18(14(3)31)23(33)30(19)20(21)24(34)35;/h5,11-16,18-19,31H,1,6-10H2,2-4H3,(H2-,26,32,34,35);1H/t13-,14-,15-,16+,18-,19-;/m1./s1. The zero-order valence-corrected chi connectivity index (χ0v) is 23.6. The van der Waals surface area contributed by atoms with E-state index >= 15 is 0 Å². The molecule has 4 rings (SSSR count). The molecule has 0 unspecified atom stereocenters. The van der Waals surface area contributed by atoms with Crippen LogP contribution in [-0.2, 0) is 27.9 Å². The van der Waals surface area contributed by atoms with E-state index in [2.05, 4.69) is 6.58 Å². The van der Waals surface area contributed by atoms with Crippen molar-refractivity contribution in [3.05, 3.63) is 41.5 Å². The number of carboxylic acid groups (broad SMARTS) is 1. The highest BCUT2D eigenvalue weighted by atomic mass is 35.5. The maximum Gasteiger partial charge on any atom is 0.410 e. The van der Waals surface area contributed by atoms with Gasteiger partial charge in [-0.25, -0.2) is 18.7 Å². The molecule has 0 aliphatic carbocycles. The molecule has 6 atom stereocenters. The molecule has 4 heterocycles. The Morgan fingerprint density at radius 1 is 1.38 bits per heavy atom. The van der Waals surface area contributed by atoms with Crippen molar-refractivity contribution >= 4 is 35.6 Å². The minimum atomic E-state index is -1.18. The van der Waals surface area contributed by atoms with Crippen LogP contribution in [-0.4, -0.2) is 85.0 Å². The third kappa shape index (κ3) is 5.66. The number of carboxylic acids is 1. The monoisotopic (exact) mass is 583 g/mol. The van der Waals surface area contributed by atoms with Crippen LogP contribution >= 0.6 is 11.8 Å². The molecule has 4 N–H and O–H groups in total. The third-order valence-corrected chi connectivity index (χ3v) is 9.00. The number of nitrogens with two attached hydrogens (primary N) is 1. The number of hydrogen-bond acceptors (Lipinski definition) is 7. The minimum Gasteiger partial charge on any atom is -1.00 e. The van der Waals surface area contributed by atoms with Crippen LogP contribution in [0.15, 0.2) is 35.8 Å². The molecule has 3 amide bonds. The van der Waals surface area contributed by atoms with Gasteiger partial charge in [0.05, 0.1) is 31.7 Å². The Morgan fingerprint density at radius 3 is 2.64 bits per heavy atom. The Bertz CT molecular complexity index is 1200. The summed E-state index contributed by atoms with van der Waals surface area (Å²) in [5.74, 6) is -2.98. The Labute approximate surface area is 236 Å². The quantitative estimate of drug-likeness (QED) is 0.154. The van der Waals surface area contributed by atoms with E-state index < -0.39 is 36.0 Å². The van der Waals surface area contributed by atoms with Crippen LogP contribution in [0.5, 0.6) is 0 Å². The summed E-state index contributed by atoms with van der Waals surface area (Å²) >= 11 is 1.39. The number of thioether (sulfide) groups is 1.